The Kier molecular flexibility index (Phi) is 4.56. The Hall–Kier alpha value is -2.39. The van der Waals surface area contributed by atoms with Gasteiger partial charge < -0.3 is 9.47 Å². The Labute approximate surface area is 166 Å². The summed E-state index contributed by atoms with van der Waals surface area (Å²) in [6.45, 7) is 4.89. The molecule has 0 N–H and O–H groups in total. The third-order valence-corrected chi connectivity index (χ3v) is 6.19. The van der Waals surface area contributed by atoms with E-state index in [1.54, 1.807) is 0 Å². The molecule has 3 heteroatoms. The normalized spacial score (nSPS) is 25.6. The molecule has 2 fully saturated rings. The van der Waals surface area contributed by atoms with E-state index in [0.717, 1.165) is 41.6 Å². The SMILES string of the molecule is CCc1cc(COc2ccc(CC3C[C@@H]3C3OC3C)cc2)c2ccccc2n1. The first-order valence-corrected chi connectivity index (χ1v) is 10.5. The number of hydrogen-bond donors (Lipinski definition) is 0. The van der Waals surface area contributed by atoms with Gasteiger partial charge in [-0.1, -0.05) is 37.3 Å². The Balaban J connectivity index is 1.23. The first-order chi connectivity index (χ1) is 13.7. The number of benzene rings is 2. The highest BCUT2D eigenvalue weighted by Gasteiger charge is 2.52. The van der Waals surface area contributed by atoms with E-state index in [-0.39, 0.29) is 0 Å². The maximum absolute atomic E-state index is 6.11. The smallest absolute Gasteiger partial charge is 0.119 e. The highest BCUT2D eigenvalue weighted by Crippen LogP contribution is 2.50. The maximum Gasteiger partial charge on any atom is 0.119 e. The molecule has 1 aliphatic carbocycles. The number of aryl methyl sites for hydroxylation is 1. The van der Waals surface area contributed by atoms with Gasteiger partial charge >= 0.3 is 0 Å². The summed E-state index contributed by atoms with van der Waals surface area (Å²) >= 11 is 0. The van der Waals surface area contributed by atoms with Gasteiger partial charge in [0.15, 0.2) is 0 Å². The van der Waals surface area contributed by atoms with Crippen molar-refractivity contribution in [2.24, 2.45) is 11.8 Å². The van der Waals surface area contributed by atoms with Gasteiger partial charge in [0.1, 0.15) is 12.4 Å². The lowest BCUT2D eigenvalue weighted by atomic mass is 10.1. The molecule has 3 unspecified atom stereocenters. The Morgan fingerprint density at radius 2 is 1.89 bits per heavy atom. The summed E-state index contributed by atoms with van der Waals surface area (Å²) < 4.78 is 11.7. The number of para-hydroxylation sites is 1. The zero-order valence-corrected chi connectivity index (χ0v) is 16.6. The second-order valence-electron chi connectivity index (χ2n) is 8.25. The zero-order valence-electron chi connectivity index (χ0n) is 16.6. The van der Waals surface area contributed by atoms with Crippen LogP contribution in [0.3, 0.4) is 0 Å². The van der Waals surface area contributed by atoms with Crippen LogP contribution >= 0.6 is 0 Å². The topological polar surface area (TPSA) is 34.6 Å². The van der Waals surface area contributed by atoms with Gasteiger partial charge in [0, 0.05) is 16.6 Å². The number of hydrogen-bond acceptors (Lipinski definition) is 3. The minimum Gasteiger partial charge on any atom is -0.489 e. The number of ether oxygens (including phenoxy) is 2. The Morgan fingerprint density at radius 1 is 1.11 bits per heavy atom. The zero-order chi connectivity index (χ0) is 19.1. The summed E-state index contributed by atoms with van der Waals surface area (Å²) in [5.41, 5.74) is 4.76. The van der Waals surface area contributed by atoms with E-state index >= 15 is 0 Å². The predicted molar refractivity (Wildman–Crippen MR) is 112 cm³/mol. The van der Waals surface area contributed by atoms with Gasteiger partial charge in [0.2, 0.25) is 0 Å². The lowest BCUT2D eigenvalue weighted by Gasteiger charge is -2.11. The van der Waals surface area contributed by atoms with Crippen LogP contribution in [0.25, 0.3) is 10.9 Å². The summed E-state index contributed by atoms with van der Waals surface area (Å²) in [5, 5.41) is 1.17. The van der Waals surface area contributed by atoms with Crippen molar-refractivity contribution in [2.45, 2.75) is 51.9 Å². The largest absolute Gasteiger partial charge is 0.489 e. The van der Waals surface area contributed by atoms with Crippen LogP contribution in [0.4, 0.5) is 0 Å². The molecule has 1 saturated heterocycles. The molecular formula is C25H27NO2. The fraction of sp³-hybridized carbons (Fsp3) is 0.400. The summed E-state index contributed by atoms with van der Waals surface area (Å²) in [4.78, 5) is 4.72. The molecule has 28 heavy (non-hydrogen) atoms. The van der Waals surface area contributed by atoms with Gasteiger partial charge in [0.05, 0.1) is 17.7 Å². The van der Waals surface area contributed by atoms with Gasteiger partial charge in [-0.05, 0) is 67.9 Å². The molecule has 2 aliphatic rings. The standard InChI is InChI=1S/C25H27NO2/c1-3-20-13-19(22-6-4-5-7-24(22)26-20)15-27-21-10-8-17(9-11-21)12-18-14-23(18)25-16(2)28-25/h4-11,13,16,18,23,25H,3,12,14-15H2,1-2H3/t16?,18?,23-,25?/m0/s1. The summed E-state index contributed by atoms with van der Waals surface area (Å²) in [7, 11) is 0. The van der Waals surface area contributed by atoms with Gasteiger partial charge in [-0.25, -0.2) is 0 Å². The van der Waals surface area contributed by atoms with Gasteiger partial charge in [-0.3, -0.25) is 4.98 Å². The third kappa shape index (κ3) is 3.64. The quantitative estimate of drug-likeness (QED) is 0.524. The molecule has 1 saturated carbocycles. The lowest BCUT2D eigenvalue weighted by molar-refractivity contribution is 0.307. The molecule has 1 aromatic heterocycles. The van der Waals surface area contributed by atoms with E-state index in [0.29, 0.717) is 18.8 Å². The molecule has 2 heterocycles. The van der Waals surface area contributed by atoms with Crippen LogP contribution in [-0.2, 0) is 24.2 Å². The molecule has 0 bridgehead atoms. The summed E-state index contributed by atoms with van der Waals surface area (Å²) in [6.07, 6.45) is 4.44. The van der Waals surface area contributed by atoms with Crippen LogP contribution in [0.1, 0.15) is 37.1 Å². The van der Waals surface area contributed by atoms with E-state index in [1.807, 2.05) is 6.07 Å². The Morgan fingerprint density at radius 3 is 2.64 bits per heavy atom. The highest BCUT2D eigenvalue weighted by molar-refractivity contribution is 5.82. The van der Waals surface area contributed by atoms with Crippen molar-refractivity contribution in [3.05, 3.63) is 71.4 Å². The molecule has 3 nitrogen and oxygen atoms in total. The number of pyridine rings is 1. The lowest BCUT2D eigenvalue weighted by Crippen LogP contribution is -2.00. The second kappa shape index (κ2) is 7.21. The van der Waals surface area contributed by atoms with Gasteiger partial charge in [-0.15, -0.1) is 0 Å². The Bertz CT molecular complexity index is 982. The minimum absolute atomic E-state index is 0.489. The van der Waals surface area contributed by atoms with E-state index < -0.39 is 0 Å². The van der Waals surface area contributed by atoms with Crippen LogP contribution in [0.2, 0.25) is 0 Å². The first kappa shape index (κ1) is 17.7. The van der Waals surface area contributed by atoms with Crippen molar-refractivity contribution in [2.75, 3.05) is 0 Å². The number of epoxide rings is 1. The monoisotopic (exact) mass is 373 g/mol. The molecule has 144 valence electrons. The molecule has 0 amide bonds. The number of fused-ring (bicyclic) bond motifs is 1. The van der Waals surface area contributed by atoms with E-state index in [9.17, 15) is 0 Å². The molecule has 4 atom stereocenters. The van der Waals surface area contributed by atoms with E-state index in [2.05, 4.69) is 62.4 Å². The van der Waals surface area contributed by atoms with Crippen molar-refractivity contribution in [1.29, 1.82) is 0 Å². The van der Waals surface area contributed by atoms with Crippen molar-refractivity contribution in [3.8, 4) is 5.75 Å². The van der Waals surface area contributed by atoms with Gasteiger partial charge in [-0.2, -0.15) is 0 Å². The van der Waals surface area contributed by atoms with Crippen LogP contribution in [0.5, 0.6) is 5.75 Å². The molecule has 2 aromatic carbocycles. The molecular weight excluding hydrogens is 346 g/mol. The molecule has 3 aromatic rings. The van der Waals surface area contributed by atoms with Crippen LogP contribution in [0, 0.1) is 11.8 Å². The fourth-order valence-electron chi connectivity index (χ4n) is 4.35. The first-order valence-electron chi connectivity index (χ1n) is 10.5. The summed E-state index contributed by atoms with van der Waals surface area (Å²) in [6, 6.07) is 19.1. The van der Waals surface area contributed by atoms with Crippen LogP contribution in [-0.4, -0.2) is 17.2 Å². The maximum atomic E-state index is 6.11. The molecule has 5 rings (SSSR count). The van der Waals surface area contributed by atoms with Gasteiger partial charge in [0.25, 0.3) is 0 Å². The second-order valence-corrected chi connectivity index (χ2v) is 8.25. The van der Waals surface area contributed by atoms with Crippen molar-refractivity contribution in [1.82, 2.24) is 4.98 Å². The average Bonchev–Trinajstić information content (AvgIpc) is 3.64. The third-order valence-electron chi connectivity index (χ3n) is 6.19. The number of nitrogens with zero attached hydrogens (tertiary/aromatic N) is 1. The fourth-order valence-corrected chi connectivity index (χ4v) is 4.35. The predicted octanol–water partition coefficient (Wildman–Crippen LogP) is 5.34. The van der Waals surface area contributed by atoms with Crippen molar-refractivity contribution in [3.63, 3.8) is 0 Å². The number of rotatable bonds is 7. The van der Waals surface area contributed by atoms with E-state index in [1.165, 1.54) is 22.9 Å². The highest BCUT2D eigenvalue weighted by atomic mass is 16.6. The van der Waals surface area contributed by atoms with E-state index in [4.69, 9.17) is 14.5 Å². The number of aromatic nitrogens is 1. The molecule has 1 aliphatic heterocycles. The van der Waals surface area contributed by atoms with Crippen molar-refractivity contribution < 1.29 is 9.47 Å². The van der Waals surface area contributed by atoms with Crippen LogP contribution in [0.15, 0.2) is 54.6 Å². The van der Waals surface area contributed by atoms with Crippen LogP contribution < -0.4 is 4.74 Å². The summed E-state index contributed by atoms with van der Waals surface area (Å²) in [5.74, 6) is 2.52. The van der Waals surface area contributed by atoms with Crippen molar-refractivity contribution >= 4 is 10.9 Å². The molecule has 0 spiro atoms. The minimum atomic E-state index is 0.489. The average molecular weight is 373 g/mol. The molecule has 0 radical (unpaired) electrons.